The Kier molecular flexibility index (Phi) is 11.2. The maximum Gasteiger partial charge on any atom is 2.00 e. The van der Waals surface area contributed by atoms with Gasteiger partial charge in [0.25, 0.3) is 0 Å². The molecule has 2 aromatic carbocycles. The molecular formula is C24H14CaCl2N2O6. The molecule has 0 bridgehead atoms. The first kappa shape index (κ1) is 28.4. The van der Waals surface area contributed by atoms with Gasteiger partial charge in [-0.15, -0.1) is 0 Å². The summed E-state index contributed by atoms with van der Waals surface area (Å²) in [6.45, 7) is 0. The third-order valence-corrected chi connectivity index (χ3v) is 4.49. The van der Waals surface area contributed by atoms with Gasteiger partial charge in [-0.05, 0) is 72.8 Å². The number of carboxylic acids is 2. The molecule has 0 spiro atoms. The maximum atomic E-state index is 10.5. The molecule has 0 radical (unpaired) electrons. The van der Waals surface area contributed by atoms with Crippen LogP contribution in [0.15, 0.2) is 85.2 Å². The number of hydrogen-bond donors (Lipinski definition) is 0. The van der Waals surface area contributed by atoms with E-state index in [4.69, 9.17) is 32.7 Å². The molecule has 0 saturated carbocycles. The Hall–Kier alpha value is -2.88. The van der Waals surface area contributed by atoms with Gasteiger partial charge in [0.2, 0.25) is 0 Å². The summed E-state index contributed by atoms with van der Waals surface area (Å²) in [6.07, 6.45) is 2.64. The van der Waals surface area contributed by atoms with E-state index >= 15 is 0 Å². The molecule has 0 unspecified atom stereocenters. The molecule has 0 atom stereocenters. The average molecular weight is 537 g/mol. The second kappa shape index (κ2) is 13.9. The minimum absolute atomic E-state index is 0. The van der Waals surface area contributed by atoms with Crippen molar-refractivity contribution in [1.82, 2.24) is 9.97 Å². The summed E-state index contributed by atoms with van der Waals surface area (Å²) < 4.78 is 10.9. The minimum Gasteiger partial charge on any atom is -0.543 e. The van der Waals surface area contributed by atoms with Crippen LogP contribution in [-0.4, -0.2) is 59.6 Å². The van der Waals surface area contributed by atoms with Crippen LogP contribution in [0.3, 0.4) is 0 Å². The Morgan fingerprint density at radius 2 is 0.886 bits per heavy atom. The Labute approximate surface area is 240 Å². The van der Waals surface area contributed by atoms with Gasteiger partial charge < -0.3 is 29.3 Å². The van der Waals surface area contributed by atoms with Crippen LogP contribution in [0.2, 0.25) is 10.0 Å². The van der Waals surface area contributed by atoms with Crippen LogP contribution in [0, 0.1) is 0 Å². The molecule has 0 saturated heterocycles. The summed E-state index contributed by atoms with van der Waals surface area (Å²) >= 11 is 11.5. The zero-order chi connectivity index (χ0) is 24.5. The van der Waals surface area contributed by atoms with Crippen molar-refractivity contribution >= 4 is 72.9 Å². The summed E-state index contributed by atoms with van der Waals surface area (Å²) in [4.78, 5) is 28.3. The van der Waals surface area contributed by atoms with E-state index in [0.717, 1.165) is 0 Å². The molecule has 0 aliphatic carbocycles. The van der Waals surface area contributed by atoms with E-state index in [0.29, 0.717) is 33.0 Å². The largest absolute Gasteiger partial charge is 2.00 e. The molecule has 4 aromatic rings. The maximum absolute atomic E-state index is 10.5. The standard InChI is InChI=1S/2C12H8ClNO3.Ca/c2*13-8-1-3-9(4-2-8)17-10-5-6-11(12(15)16)14-7-10;/h2*1-7H,(H,15,16);/q;;+2/p-2. The first-order valence-electron chi connectivity index (χ1n) is 9.52. The number of aromatic carboxylic acids is 2. The Bertz CT molecular complexity index is 1150. The van der Waals surface area contributed by atoms with Crippen molar-refractivity contribution in [2.45, 2.75) is 0 Å². The van der Waals surface area contributed by atoms with Crippen LogP contribution >= 0.6 is 23.2 Å². The zero-order valence-electron chi connectivity index (χ0n) is 17.9. The van der Waals surface area contributed by atoms with Crippen LogP contribution in [0.25, 0.3) is 0 Å². The third-order valence-electron chi connectivity index (χ3n) is 3.99. The number of carbonyl (C=O) groups is 2. The van der Waals surface area contributed by atoms with Gasteiger partial charge in [-0.25, -0.2) is 0 Å². The Morgan fingerprint density at radius 3 is 1.14 bits per heavy atom. The van der Waals surface area contributed by atoms with Crippen molar-refractivity contribution < 1.29 is 29.3 Å². The van der Waals surface area contributed by atoms with E-state index in [2.05, 4.69) is 9.97 Å². The second-order valence-electron chi connectivity index (χ2n) is 6.45. The number of pyridine rings is 2. The van der Waals surface area contributed by atoms with Crippen molar-refractivity contribution in [3.05, 3.63) is 107 Å². The zero-order valence-corrected chi connectivity index (χ0v) is 21.6. The van der Waals surface area contributed by atoms with Gasteiger partial charge in [0.05, 0.1) is 35.7 Å². The van der Waals surface area contributed by atoms with Crippen LogP contribution < -0.4 is 19.7 Å². The smallest absolute Gasteiger partial charge is 0.543 e. The predicted molar refractivity (Wildman–Crippen MR) is 126 cm³/mol. The molecule has 0 amide bonds. The molecule has 0 aliphatic heterocycles. The first-order chi connectivity index (χ1) is 16.3. The number of nitrogens with zero attached hydrogens (tertiary/aromatic N) is 2. The van der Waals surface area contributed by atoms with Gasteiger partial charge in [-0.1, -0.05) is 23.2 Å². The van der Waals surface area contributed by atoms with Crippen LogP contribution in [0.5, 0.6) is 23.0 Å². The number of carboxylic acid groups (broad SMARTS) is 2. The van der Waals surface area contributed by atoms with Crippen molar-refractivity contribution in [2.75, 3.05) is 0 Å². The van der Waals surface area contributed by atoms with Crippen LogP contribution in [0.1, 0.15) is 21.0 Å². The van der Waals surface area contributed by atoms with Crippen molar-refractivity contribution in [1.29, 1.82) is 0 Å². The second-order valence-corrected chi connectivity index (χ2v) is 7.32. The quantitative estimate of drug-likeness (QED) is 0.343. The predicted octanol–water partition coefficient (Wildman–Crippen LogP) is 3.40. The van der Waals surface area contributed by atoms with E-state index in [1.807, 2.05) is 0 Å². The molecule has 172 valence electrons. The molecule has 0 N–H and O–H groups in total. The molecule has 11 heteroatoms. The first-order valence-corrected chi connectivity index (χ1v) is 10.3. The molecule has 0 fully saturated rings. The number of benzene rings is 2. The van der Waals surface area contributed by atoms with Crippen molar-refractivity contribution in [3.63, 3.8) is 0 Å². The summed E-state index contributed by atoms with van der Waals surface area (Å²) in [7, 11) is 0. The SMILES string of the molecule is O=C([O-])c1ccc(Oc2ccc(Cl)cc2)cn1.O=C([O-])c1ccc(Oc2ccc(Cl)cc2)cn1.[Ca+2]. The molecule has 35 heavy (non-hydrogen) atoms. The van der Waals surface area contributed by atoms with Gasteiger partial charge in [0.15, 0.2) is 0 Å². The van der Waals surface area contributed by atoms with Gasteiger partial charge in [-0.2, -0.15) is 0 Å². The molecule has 2 aromatic heterocycles. The van der Waals surface area contributed by atoms with E-state index in [-0.39, 0.29) is 49.1 Å². The number of carbonyl (C=O) groups excluding carboxylic acids is 2. The number of aromatic nitrogens is 2. The number of ether oxygens (including phenoxy) is 2. The summed E-state index contributed by atoms with van der Waals surface area (Å²) in [5.74, 6) is -0.560. The average Bonchev–Trinajstić information content (AvgIpc) is 2.83. The van der Waals surface area contributed by atoms with Gasteiger partial charge in [0, 0.05) is 10.0 Å². The topological polar surface area (TPSA) is 124 Å². The molecule has 8 nitrogen and oxygen atoms in total. The van der Waals surface area contributed by atoms with Crippen LogP contribution in [0.4, 0.5) is 0 Å². The van der Waals surface area contributed by atoms with E-state index in [1.165, 1.54) is 36.7 Å². The van der Waals surface area contributed by atoms with E-state index in [9.17, 15) is 19.8 Å². The minimum atomic E-state index is -1.32. The number of hydrogen-bond acceptors (Lipinski definition) is 8. The summed E-state index contributed by atoms with van der Waals surface area (Å²) in [6, 6.07) is 19.2. The number of rotatable bonds is 6. The molecule has 4 rings (SSSR count). The third kappa shape index (κ3) is 9.35. The van der Waals surface area contributed by atoms with Crippen molar-refractivity contribution in [2.24, 2.45) is 0 Å². The summed E-state index contributed by atoms with van der Waals surface area (Å²) in [5.41, 5.74) is -0.262. The fourth-order valence-corrected chi connectivity index (χ4v) is 2.65. The van der Waals surface area contributed by atoms with Gasteiger partial charge >= 0.3 is 37.7 Å². The normalized spacial score (nSPS) is 9.66. The van der Waals surface area contributed by atoms with Gasteiger partial charge in [-0.3, -0.25) is 9.97 Å². The Morgan fingerprint density at radius 1 is 0.571 bits per heavy atom. The Balaban J connectivity index is 0.000000240. The van der Waals surface area contributed by atoms with Crippen molar-refractivity contribution in [3.8, 4) is 23.0 Å². The number of halogens is 2. The van der Waals surface area contributed by atoms with Crippen LogP contribution in [-0.2, 0) is 0 Å². The van der Waals surface area contributed by atoms with E-state index < -0.39 is 11.9 Å². The molecule has 0 aliphatic rings. The summed E-state index contributed by atoms with van der Waals surface area (Å²) in [5, 5.41) is 22.2. The molecular weight excluding hydrogens is 523 g/mol. The van der Waals surface area contributed by atoms with Gasteiger partial charge in [0.1, 0.15) is 23.0 Å². The fourth-order valence-electron chi connectivity index (χ4n) is 2.40. The molecule has 2 heterocycles. The van der Waals surface area contributed by atoms with E-state index in [1.54, 1.807) is 48.5 Å². The monoisotopic (exact) mass is 536 g/mol. The fraction of sp³-hybridized carbons (Fsp3) is 0.